The van der Waals surface area contributed by atoms with Crippen molar-refractivity contribution in [3.8, 4) is 0 Å². The molecule has 2 aliphatic heterocycles. The molecule has 1 aromatic rings. The molecule has 2 atom stereocenters. The number of morpholine rings is 1. The van der Waals surface area contributed by atoms with Crippen molar-refractivity contribution in [3.63, 3.8) is 0 Å². The Morgan fingerprint density at radius 1 is 1.41 bits per heavy atom. The lowest BCUT2D eigenvalue weighted by Crippen LogP contribution is -2.43. The van der Waals surface area contributed by atoms with E-state index in [1.807, 2.05) is 4.90 Å². The van der Waals surface area contributed by atoms with E-state index in [4.69, 9.17) is 9.84 Å². The Kier molecular flexibility index (Phi) is 2.48. The molecule has 2 saturated heterocycles. The van der Waals surface area contributed by atoms with Crippen molar-refractivity contribution in [2.45, 2.75) is 25.0 Å². The van der Waals surface area contributed by atoms with Gasteiger partial charge in [-0.25, -0.2) is 9.78 Å². The van der Waals surface area contributed by atoms with Gasteiger partial charge in [0.15, 0.2) is 0 Å². The smallest absolute Gasteiger partial charge is 0.339 e. The summed E-state index contributed by atoms with van der Waals surface area (Å²) in [4.78, 5) is 17.4. The lowest BCUT2D eigenvalue weighted by Gasteiger charge is -2.33. The highest BCUT2D eigenvalue weighted by Crippen LogP contribution is 2.30. The monoisotopic (exact) mass is 234 g/mol. The second-order valence-electron chi connectivity index (χ2n) is 4.54. The predicted molar refractivity (Wildman–Crippen MR) is 61.3 cm³/mol. The molecule has 2 fully saturated rings. The van der Waals surface area contributed by atoms with Gasteiger partial charge in [-0.15, -0.1) is 0 Å². The second-order valence-corrected chi connectivity index (χ2v) is 4.54. The quantitative estimate of drug-likeness (QED) is 0.831. The zero-order valence-electron chi connectivity index (χ0n) is 9.37. The first-order chi connectivity index (χ1) is 8.24. The Hall–Kier alpha value is -1.62. The van der Waals surface area contributed by atoms with Gasteiger partial charge in [-0.2, -0.15) is 0 Å². The van der Waals surface area contributed by atoms with Crippen LogP contribution in [-0.2, 0) is 4.74 Å². The molecule has 5 nitrogen and oxygen atoms in total. The average Bonchev–Trinajstić information content (AvgIpc) is 2.68. The Bertz CT molecular complexity index is 437. The summed E-state index contributed by atoms with van der Waals surface area (Å²) in [6.45, 7) is 1.49. The van der Waals surface area contributed by atoms with Crippen molar-refractivity contribution in [1.29, 1.82) is 0 Å². The highest BCUT2D eigenvalue weighted by Gasteiger charge is 2.35. The zero-order chi connectivity index (χ0) is 11.8. The fourth-order valence-electron chi connectivity index (χ4n) is 2.60. The third-order valence-electron chi connectivity index (χ3n) is 3.36. The van der Waals surface area contributed by atoms with Crippen LogP contribution in [0.25, 0.3) is 0 Å². The molecular formula is C12H14N2O3. The van der Waals surface area contributed by atoms with Crippen LogP contribution in [0.15, 0.2) is 18.3 Å². The number of aromatic nitrogens is 1. The number of hydrogen-bond acceptors (Lipinski definition) is 4. The van der Waals surface area contributed by atoms with Gasteiger partial charge in [-0.3, -0.25) is 0 Å². The molecule has 0 aliphatic carbocycles. The van der Waals surface area contributed by atoms with Gasteiger partial charge in [0.2, 0.25) is 0 Å². The number of carbonyl (C=O) groups is 1. The molecule has 3 rings (SSSR count). The lowest BCUT2D eigenvalue weighted by molar-refractivity contribution is 0.0300. The van der Waals surface area contributed by atoms with Crippen LogP contribution in [0.2, 0.25) is 0 Å². The number of ether oxygens (including phenoxy) is 1. The number of hydrogen-bond donors (Lipinski definition) is 1. The van der Waals surface area contributed by atoms with Gasteiger partial charge in [0.05, 0.1) is 12.2 Å². The van der Waals surface area contributed by atoms with Crippen molar-refractivity contribution in [3.05, 3.63) is 23.9 Å². The number of aromatic carboxylic acids is 1. The minimum atomic E-state index is -0.924. The van der Waals surface area contributed by atoms with Crippen molar-refractivity contribution < 1.29 is 14.6 Å². The molecule has 3 heterocycles. The lowest BCUT2D eigenvalue weighted by atomic mass is 10.2. The third kappa shape index (κ3) is 1.86. The summed E-state index contributed by atoms with van der Waals surface area (Å²) in [6, 6.07) is 3.25. The Morgan fingerprint density at radius 2 is 2.12 bits per heavy atom. The fraction of sp³-hybridized carbons (Fsp3) is 0.500. The average molecular weight is 234 g/mol. The summed E-state index contributed by atoms with van der Waals surface area (Å²) in [7, 11) is 0. The van der Waals surface area contributed by atoms with Crippen LogP contribution >= 0.6 is 0 Å². The molecule has 0 saturated carbocycles. The van der Waals surface area contributed by atoms with Gasteiger partial charge < -0.3 is 14.7 Å². The van der Waals surface area contributed by atoms with Gasteiger partial charge >= 0.3 is 5.97 Å². The molecular weight excluding hydrogens is 220 g/mol. The number of pyridine rings is 1. The van der Waals surface area contributed by atoms with Gasteiger partial charge in [-0.1, -0.05) is 0 Å². The van der Waals surface area contributed by atoms with E-state index in [0.717, 1.165) is 25.9 Å². The molecule has 2 unspecified atom stereocenters. The van der Waals surface area contributed by atoms with Crippen LogP contribution in [0.5, 0.6) is 0 Å². The van der Waals surface area contributed by atoms with E-state index in [1.165, 1.54) is 0 Å². The summed E-state index contributed by atoms with van der Waals surface area (Å²) in [5, 5.41) is 9.15. The molecule has 0 aromatic carbocycles. The number of anilines is 1. The molecule has 5 heteroatoms. The summed E-state index contributed by atoms with van der Waals surface area (Å²) in [5.41, 5.74) is 0.272. The summed E-state index contributed by atoms with van der Waals surface area (Å²) >= 11 is 0. The summed E-state index contributed by atoms with van der Waals surface area (Å²) in [5.74, 6) is -0.355. The molecule has 0 radical (unpaired) electrons. The van der Waals surface area contributed by atoms with Crippen LogP contribution in [0, 0.1) is 0 Å². The topological polar surface area (TPSA) is 62.7 Å². The van der Waals surface area contributed by atoms with Crippen molar-refractivity contribution >= 4 is 11.8 Å². The predicted octanol–water partition coefficient (Wildman–Crippen LogP) is 1.15. The summed E-state index contributed by atoms with van der Waals surface area (Å²) < 4.78 is 5.73. The Balaban J connectivity index is 1.91. The number of nitrogens with zero attached hydrogens (tertiary/aromatic N) is 2. The van der Waals surface area contributed by atoms with E-state index in [9.17, 15) is 4.79 Å². The largest absolute Gasteiger partial charge is 0.478 e. The third-order valence-corrected chi connectivity index (χ3v) is 3.36. The number of carboxylic acid groups (broad SMARTS) is 1. The van der Waals surface area contributed by atoms with E-state index >= 15 is 0 Å². The Morgan fingerprint density at radius 3 is 2.76 bits per heavy atom. The van der Waals surface area contributed by atoms with Gasteiger partial charge in [0.1, 0.15) is 11.4 Å². The standard InChI is InChI=1S/C12H14N2O3/c15-12(16)10-2-1-5-13-11(10)14-6-8-3-4-9(7-14)17-8/h1-2,5,8-9H,3-4,6-7H2,(H,15,16). The normalized spacial score (nSPS) is 27.2. The van der Waals surface area contributed by atoms with Gasteiger partial charge in [0.25, 0.3) is 0 Å². The highest BCUT2D eigenvalue weighted by molar-refractivity contribution is 5.93. The van der Waals surface area contributed by atoms with Crippen LogP contribution in [-0.4, -0.2) is 41.4 Å². The van der Waals surface area contributed by atoms with E-state index in [1.54, 1.807) is 18.3 Å². The molecule has 17 heavy (non-hydrogen) atoms. The Labute approximate surface area is 99.0 Å². The van der Waals surface area contributed by atoms with Crippen molar-refractivity contribution in [2.24, 2.45) is 0 Å². The van der Waals surface area contributed by atoms with Crippen LogP contribution in [0.1, 0.15) is 23.2 Å². The van der Waals surface area contributed by atoms with Crippen molar-refractivity contribution in [2.75, 3.05) is 18.0 Å². The first-order valence-electron chi connectivity index (χ1n) is 5.83. The maximum atomic E-state index is 11.1. The molecule has 90 valence electrons. The van der Waals surface area contributed by atoms with Crippen LogP contribution < -0.4 is 4.90 Å². The molecule has 2 aliphatic rings. The first kappa shape index (κ1) is 10.5. The van der Waals surface area contributed by atoms with Crippen molar-refractivity contribution in [1.82, 2.24) is 4.98 Å². The molecule has 0 amide bonds. The second kappa shape index (κ2) is 4.00. The van der Waals surface area contributed by atoms with Crippen LogP contribution in [0.3, 0.4) is 0 Å². The molecule has 1 aromatic heterocycles. The molecule has 1 N–H and O–H groups in total. The molecule has 0 spiro atoms. The van der Waals surface area contributed by atoms with E-state index in [2.05, 4.69) is 4.98 Å². The highest BCUT2D eigenvalue weighted by atomic mass is 16.5. The molecule has 2 bridgehead atoms. The maximum absolute atomic E-state index is 11.1. The maximum Gasteiger partial charge on any atom is 0.339 e. The number of rotatable bonds is 2. The fourth-order valence-corrected chi connectivity index (χ4v) is 2.60. The van der Waals surface area contributed by atoms with E-state index < -0.39 is 5.97 Å². The van der Waals surface area contributed by atoms with E-state index in [0.29, 0.717) is 5.82 Å². The number of fused-ring (bicyclic) bond motifs is 2. The minimum Gasteiger partial charge on any atom is -0.478 e. The van der Waals surface area contributed by atoms with Gasteiger partial charge in [0, 0.05) is 19.3 Å². The first-order valence-corrected chi connectivity index (χ1v) is 5.83. The van der Waals surface area contributed by atoms with Crippen LogP contribution in [0.4, 0.5) is 5.82 Å². The van der Waals surface area contributed by atoms with Gasteiger partial charge in [-0.05, 0) is 25.0 Å². The zero-order valence-corrected chi connectivity index (χ0v) is 9.37. The number of carboxylic acids is 1. The van der Waals surface area contributed by atoms with E-state index in [-0.39, 0.29) is 17.8 Å². The minimum absolute atomic E-state index is 0.234. The SMILES string of the molecule is O=C(O)c1cccnc1N1CC2CCC(C1)O2. The summed E-state index contributed by atoms with van der Waals surface area (Å²) in [6.07, 6.45) is 4.24.